The Morgan fingerprint density at radius 1 is 1.31 bits per heavy atom. The van der Waals surface area contributed by atoms with Gasteiger partial charge >= 0.3 is 5.97 Å². The average Bonchev–Trinajstić information content (AvgIpc) is 2.17. The Bertz CT molecular complexity index is 413. The molecule has 4 nitrogen and oxygen atoms in total. The van der Waals surface area contributed by atoms with Crippen LogP contribution >= 0.6 is 0 Å². The number of aryl methyl sites for hydroxylation is 2. The van der Waals surface area contributed by atoms with Gasteiger partial charge in [-0.2, -0.15) is 0 Å². The van der Waals surface area contributed by atoms with Crippen molar-refractivity contribution in [1.82, 2.24) is 4.98 Å². The van der Waals surface area contributed by atoms with Crippen molar-refractivity contribution in [2.45, 2.75) is 27.2 Å². The van der Waals surface area contributed by atoms with E-state index < -0.39 is 5.97 Å². The van der Waals surface area contributed by atoms with E-state index in [1.165, 1.54) is 0 Å². The van der Waals surface area contributed by atoms with Crippen LogP contribution in [0.25, 0.3) is 0 Å². The molecule has 1 aromatic heterocycles. The molecular weight excluding hydrogens is 206 g/mol. The molecule has 0 spiro atoms. The lowest BCUT2D eigenvalue weighted by molar-refractivity contribution is -0.141. The van der Waals surface area contributed by atoms with Gasteiger partial charge in [0.15, 0.2) is 5.78 Å². The van der Waals surface area contributed by atoms with Gasteiger partial charge in [0.05, 0.1) is 6.61 Å². The van der Waals surface area contributed by atoms with Crippen LogP contribution in [0.5, 0.6) is 0 Å². The molecule has 0 atom stereocenters. The van der Waals surface area contributed by atoms with Crippen molar-refractivity contribution in [2.24, 2.45) is 0 Å². The van der Waals surface area contributed by atoms with Gasteiger partial charge < -0.3 is 4.74 Å². The smallest absolute Gasteiger partial charge is 0.313 e. The zero-order valence-corrected chi connectivity index (χ0v) is 9.74. The van der Waals surface area contributed by atoms with Gasteiger partial charge in [0.2, 0.25) is 0 Å². The largest absolute Gasteiger partial charge is 0.466 e. The molecule has 0 N–H and O–H groups in total. The first-order valence-corrected chi connectivity index (χ1v) is 5.17. The lowest BCUT2D eigenvalue weighted by Gasteiger charge is -2.05. The maximum Gasteiger partial charge on any atom is 0.313 e. The van der Waals surface area contributed by atoms with E-state index in [1.807, 2.05) is 6.92 Å². The molecule has 0 fully saturated rings. The lowest BCUT2D eigenvalue weighted by Crippen LogP contribution is -2.13. The summed E-state index contributed by atoms with van der Waals surface area (Å²) in [6.07, 6.45) is -0.223. The molecule has 0 saturated carbocycles. The summed E-state index contributed by atoms with van der Waals surface area (Å²) in [5.74, 6) is -0.740. The van der Waals surface area contributed by atoms with Gasteiger partial charge in [-0.3, -0.25) is 14.6 Å². The molecule has 86 valence electrons. The molecule has 1 heterocycles. The van der Waals surface area contributed by atoms with E-state index in [1.54, 1.807) is 26.0 Å². The first-order chi connectivity index (χ1) is 7.54. The first kappa shape index (κ1) is 12.4. The van der Waals surface area contributed by atoms with Gasteiger partial charge in [-0.15, -0.1) is 0 Å². The highest BCUT2D eigenvalue weighted by molar-refractivity contribution is 6.06. The van der Waals surface area contributed by atoms with Crippen LogP contribution < -0.4 is 0 Å². The molecule has 4 heteroatoms. The molecule has 0 radical (unpaired) electrons. The molecule has 0 aliphatic heterocycles. The third-order valence-electron chi connectivity index (χ3n) is 2.14. The second kappa shape index (κ2) is 5.39. The van der Waals surface area contributed by atoms with Gasteiger partial charge in [0.25, 0.3) is 0 Å². The number of carbonyl (C=O) groups excluding carboxylic acids is 2. The van der Waals surface area contributed by atoms with Gasteiger partial charge in [0.1, 0.15) is 6.42 Å². The summed E-state index contributed by atoms with van der Waals surface area (Å²) >= 11 is 0. The Morgan fingerprint density at radius 2 is 2.00 bits per heavy atom. The van der Waals surface area contributed by atoms with Crippen molar-refractivity contribution in [1.29, 1.82) is 0 Å². The summed E-state index contributed by atoms with van der Waals surface area (Å²) in [6.45, 7) is 5.61. The third-order valence-corrected chi connectivity index (χ3v) is 2.14. The normalized spacial score (nSPS) is 9.94. The highest BCUT2D eigenvalue weighted by Gasteiger charge is 2.15. The molecule has 1 rings (SSSR count). The number of Topliss-reactive ketones (excluding diaryl/α,β-unsaturated/α-hetero) is 1. The molecule has 0 aliphatic rings. The highest BCUT2D eigenvalue weighted by Crippen LogP contribution is 2.09. The number of nitrogens with zero attached hydrogens (tertiary/aromatic N) is 1. The molecule has 1 aromatic rings. The van der Waals surface area contributed by atoms with Crippen molar-refractivity contribution in [3.05, 3.63) is 29.1 Å². The summed E-state index contributed by atoms with van der Waals surface area (Å²) in [6, 6.07) is 3.45. The minimum absolute atomic E-state index is 0.223. The van der Waals surface area contributed by atoms with E-state index in [0.717, 1.165) is 5.69 Å². The standard InChI is InChI=1S/C12H15NO3/c1-4-16-12(15)7-11(14)10-6-5-8(2)13-9(10)3/h5-6H,4,7H2,1-3H3. The lowest BCUT2D eigenvalue weighted by atomic mass is 10.1. The summed E-state index contributed by atoms with van der Waals surface area (Å²) in [5, 5.41) is 0. The fourth-order valence-corrected chi connectivity index (χ4v) is 1.42. The SMILES string of the molecule is CCOC(=O)CC(=O)c1ccc(C)nc1C. The number of pyridine rings is 1. The van der Waals surface area contributed by atoms with Crippen molar-refractivity contribution in [3.63, 3.8) is 0 Å². The molecule has 0 aromatic carbocycles. The maximum atomic E-state index is 11.7. The maximum absolute atomic E-state index is 11.7. The molecule has 0 saturated heterocycles. The number of carbonyl (C=O) groups is 2. The van der Waals surface area contributed by atoms with Gasteiger partial charge in [-0.1, -0.05) is 0 Å². The van der Waals surface area contributed by atoms with Gasteiger partial charge in [-0.05, 0) is 32.9 Å². The summed E-state index contributed by atoms with van der Waals surface area (Å²) < 4.78 is 4.72. The van der Waals surface area contributed by atoms with Crippen LogP contribution in [0.1, 0.15) is 35.1 Å². The summed E-state index contributed by atoms with van der Waals surface area (Å²) in [5.41, 5.74) is 1.98. The molecule has 16 heavy (non-hydrogen) atoms. The average molecular weight is 221 g/mol. The number of aromatic nitrogens is 1. The van der Waals surface area contributed by atoms with E-state index >= 15 is 0 Å². The van der Waals surface area contributed by atoms with Crippen molar-refractivity contribution in [2.75, 3.05) is 6.61 Å². The van der Waals surface area contributed by atoms with Crippen LogP contribution in [0.4, 0.5) is 0 Å². The van der Waals surface area contributed by atoms with E-state index in [-0.39, 0.29) is 18.8 Å². The van der Waals surface area contributed by atoms with E-state index in [0.29, 0.717) is 11.3 Å². The van der Waals surface area contributed by atoms with Crippen LogP contribution in [-0.2, 0) is 9.53 Å². The number of ketones is 1. The predicted molar refractivity (Wildman–Crippen MR) is 59.3 cm³/mol. The molecule has 0 bridgehead atoms. The fraction of sp³-hybridized carbons (Fsp3) is 0.417. The Morgan fingerprint density at radius 3 is 2.56 bits per heavy atom. The number of esters is 1. The quantitative estimate of drug-likeness (QED) is 0.442. The molecule has 0 unspecified atom stereocenters. The number of ether oxygens (including phenoxy) is 1. The molecule has 0 aliphatic carbocycles. The highest BCUT2D eigenvalue weighted by atomic mass is 16.5. The van der Waals surface area contributed by atoms with E-state index in [2.05, 4.69) is 4.98 Å². The van der Waals surface area contributed by atoms with Crippen molar-refractivity contribution in [3.8, 4) is 0 Å². The monoisotopic (exact) mass is 221 g/mol. The first-order valence-electron chi connectivity index (χ1n) is 5.17. The minimum atomic E-state index is -0.493. The van der Waals surface area contributed by atoms with Gasteiger partial charge in [-0.25, -0.2) is 0 Å². The van der Waals surface area contributed by atoms with Crippen molar-refractivity contribution < 1.29 is 14.3 Å². The number of rotatable bonds is 4. The zero-order valence-electron chi connectivity index (χ0n) is 9.74. The van der Waals surface area contributed by atoms with Crippen LogP contribution in [0.2, 0.25) is 0 Å². The molecule has 0 amide bonds. The minimum Gasteiger partial charge on any atom is -0.466 e. The van der Waals surface area contributed by atoms with Crippen LogP contribution in [-0.4, -0.2) is 23.3 Å². The zero-order chi connectivity index (χ0) is 12.1. The van der Waals surface area contributed by atoms with E-state index in [4.69, 9.17) is 4.74 Å². The second-order valence-electron chi connectivity index (χ2n) is 3.49. The van der Waals surface area contributed by atoms with Crippen LogP contribution in [0, 0.1) is 13.8 Å². The Hall–Kier alpha value is -1.71. The van der Waals surface area contributed by atoms with E-state index in [9.17, 15) is 9.59 Å². The van der Waals surface area contributed by atoms with Gasteiger partial charge in [0, 0.05) is 17.0 Å². The molecular formula is C12H15NO3. The summed E-state index contributed by atoms with van der Waals surface area (Å²) in [4.78, 5) is 27.0. The Labute approximate surface area is 94.6 Å². The third kappa shape index (κ3) is 3.15. The summed E-state index contributed by atoms with van der Waals surface area (Å²) in [7, 11) is 0. The topological polar surface area (TPSA) is 56.3 Å². The number of hydrogen-bond acceptors (Lipinski definition) is 4. The van der Waals surface area contributed by atoms with Crippen LogP contribution in [0.15, 0.2) is 12.1 Å². The Kier molecular flexibility index (Phi) is 4.17. The fourth-order valence-electron chi connectivity index (χ4n) is 1.42. The van der Waals surface area contributed by atoms with Crippen LogP contribution in [0.3, 0.4) is 0 Å². The second-order valence-corrected chi connectivity index (χ2v) is 3.49. The predicted octanol–water partition coefficient (Wildman–Crippen LogP) is 1.83. The Balaban J connectivity index is 2.77. The number of hydrogen-bond donors (Lipinski definition) is 0. The van der Waals surface area contributed by atoms with Crippen molar-refractivity contribution >= 4 is 11.8 Å².